The number of allylic oxidation sites excluding steroid dienone is 1. The summed E-state index contributed by atoms with van der Waals surface area (Å²) in [7, 11) is 0. The average molecular weight is 210 g/mol. The minimum absolute atomic E-state index is 0.0466. The number of rotatable bonds is 1. The Morgan fingerprint density at radius 2 is 2.07 bits per heavy atom. The van der Waals surface area contributed by atoms with Gasteiger partial charge in [0.05, 0.1) is 0 Å². The van der Waals surface area contributed by atoms with Crippen molar-refractivity contribution in [1.29, 1.82) is 0 Å². The molecule has 4 nitrogen and oxygen atoms in total. The van der Waals surface area contributed by atoms with Gasteiger partial charge in [-0.15, -0.1) is 0 Å². The molecule has 15 heavy (non-hydrogen) atoms. The largest absolute Gasteiger partial charge is 0.378 e. The van der Waals surface area contributed by atoms with Crippen LogP contribution < -0.4 is 10.6 Å². The van der Waals surface area contributed by atoms with Crippen molar-refractivity contribution in [2.24, 2.45) is 5.41 Å². The van der Waals surface area contributed by atoms with Crippen LogP contribution in [0.1, 0.15) is 27.7 Å². The SMILES string of the molecule is CC1CNC(=CC(=O)C(C)(C)C)C(=O)N1. The van der Waals surface area contributed by atoms with E-state index in [4.69, 9.17) is 0 Å². The van der Waals surface area contributed by atoms with Crippen LogP contribution in [0, 0.1) is 5.41 Å². The van der Waals surface area contributed by atoms with Crippen molar-refractivity contribution in [2.45, 2.75) is 33.7 Å². The van der Waals surface area contributed by atoms with Gasteiger partial charge in [-0.2, -0.15) is 0 Å². The summed E-state index contributed by atoms with van der Waals surface area (Å²) in [6, 6.07) is 0.111. The number of piperazine rings is 1. The van der Waals surface area contributed by atoms with Gasteiger partial charge in [0.1, 0.15) is 5.70 Å². The molecule has 0 radical (unpaired) electrons. The lowest BCUT2D eigenvalue weighted by Crippen LogP contribution is -2.49. The molecule has 0 aliphatic carbocycles. The summed E-state index contributed by atoms with van der Waals surface area (Å²) in [5.41, 5.74) is -0.0779. The highest BCUT2D eigenvalue weighted by Crippen LogP contribution is 2.16. The van der Waals surface area contributed by atoms with Crippen molar-refractivity contribution in [3.8, 4) is 0 Å². The predicted octanol–water partition coefficient (Wildman–Crippen LogP) is 0.593. The first kappa shape index (κ1) is 11.8. The van der Waals surface area contributed by atoms with Crippen LogP contribution >= 0.6 is 0 Å². The number of nitrogens with one attached hydrogen (secondary N) is 2. The third-order valence-electron chi connectivity index (χ3n) is 2.24. The molecule has 1 aliphatic heterocycles. The molecule has 1 rings (SSSR count). The molecule has 0 aromatic carbocycles. The van der Waals surface area contributed by atoms with Gasteiger partial charge in [0.15, 0.2) is 5.78 Å². The Hall–Kier alpha value is -1.32. The van der Waals surface area contributed by atoms with E-state index >= 15 is 0 Å². The minimum atomic E-state index is -0.446. The van der Waals surface area contributed by atoms with Gasteiger partial charge in [0, 0.05) is 24.1 Å². The summed E-state index contributed by atoms with van der Waals surface area (Å²) in [6.45, 7) is 8.06. The van der Waals surface area contributed by atoms with Gasteiger partial charge in [-0.05, 0) is 6.92 Å². The fourth-order valence-electron chi connectivity index (χ4n) is 1.16. The van der Waals surface area contributed by atoms with Crippen LogP contribution in [0.25, 0.3) is 0 Å². The number of hydrogen-bond donors (Lipinski definition) is 2. The fourth-order valence-corrected chi connectivity index (χ4v) is 1.16. The zero-order chi connectivity index (χ0) is 11.6. The Morgan fingerprint density at radius 3 is 2.53 bits per heavy atom. The second kappa shape index (κ2) is 4.04. The highest BCUT2D eigenvalue weighted by Gasteiger charge is 2.24. The summed E-state index contributed by atoms with van der Waals surface area (Å²) >= 11 is 0. The molecular formula is C11H18N2O2. The average Bonchev–Trinajstić information content (AvgIpc) is 2.08. The maximum absolute atomic E-state index is 11.7. The van der Waals surface area contributed by atoms with Crippen LogP contribution in [-0.4, -0.2) is 24.3 Å². The lowest BCUT2D eigenvalue weighted by molar-refractivity contribution is -0.123. The third kappa shape index (κ3) is 3.08. The number of ketones is 1. The first-order chi connectivity index (χ1) is 6.80. The predicted molar refractivity (Wildman–Crippen MR) is 58.2 cm³/mol. The van der Waals surface area contributed by atoms with Gasteiger partial charge in [0.2, 0.25) is 0 Å². The van der Waals surface area contributed by atoms with Gasteiger partial charge in [0.25, 0.3) is 5.91 Å². The highest BCUT2D eigenvalue weighted by atomic mass is 16.2. The standard InChI is InChI=1S/C11H18N2O2/c1-7-6-12-8(10(15)13-7)5-9(14)11(2,3)4/h5,7,12H,6H2,1-4H3,(H,13,15). The molecule has 1 atom stereocenters. The van der Waals surface area contributed by atoms with Crippen LogP contribution in [0.5, 0.6) is 0 Å². The van der Waals surface area contributed by atoms with Crippen molar-refractivity contribution < 1.29 is 9.59 Å². The van der Waals surface area contributed by atoms with E-state index in [1.807, 2.05) is 27.7 Å². The Kier molecular flexibility index (Phi) is 3.17. The van der Waals surface area contributed by atoms with E-state index in [9.17, 15) is 9.59 Å². The first-order valence-electron chi connectivity index (χ1n) is 5.11. The van der Waals surface area contributed by atoms with E-state index in [2.05, 4.69) is 10.6 Å². The number of amides is 1. The topological polar surface area (TPSA) is 58.2 Å². The molecule has 1 unspecified atom stereocenters. The summed E-state index contributed by atoms with van der Waals surface area (Å²) in [5, 5.41) is 5.71. The maximum atomic E-state index is 11.7. The summed E-state index contributed by atoms with van der Waals surface area (Å²) < 4.78 is 0. The quantitative estimate of drug-likeness (QED) is 0.623. The molecule has 1 saturated heterocycles. The Bertz CT molecular complexity index is 313. The molecule has 84 valence electrons. The molecule has 4 heteroatoms. The third-order valence-corrected chi connectivity index (χ3v) is 2.24. The van der Waals surface area contributed by atoms with Crippen LogP contribution in [-0.2, 0) is 9.59 Å². The molecule has 1 aliphatic rings. The number of hydrogen-bond acceptors (Lipinski definition) is 3. The molecule has 1 amide bonds. The highest BCUT2D eigenvalue weighted by molar-refractivity contribution is 6.03. The van der Waals surface area contributed by atoms with E-state index in [0.29, 0.717) is 12.2 Å². The first-order valence-corrected chi connectivity index (χ1v) is 5.11. The molecule has 0 bridgehead atoms. The van der Waals surface area contributed by atoms with E-state index in [0.717, 1.165) is 0 Å². The summed E-state index contributed by atoms with van der Waals surface area (Å²) in [6.07, 6.45) is 1.39. The van der Waals surface area contributed by atoms with Crippen LogP contribution in [0.4, 0.5) is 0 Å². The zero-order valence-electron chi connectivity index (χ0n) is 9.68. The summed E-state index contributed by atoms with van der Waals surface area (Å²) in [4.78, 5) is 23.1. The van der Waals surface area contributed by atoms with Crippen molar-refractivity contribution in [1.82, 2.24) is 10.6 Å². The monoisotopic (exact) mass is 210 g/mol. The second-order valence-electron chi connectivity index (χ2n) is 4.93. The Labute approximate surface area is 90.1 Å². The second-order valence-corrected chi connectivity index (χ2v) is 4.93. The van der Waals surface area contributed by atoms with Gasteiger partial charge in [-0.3, -0.25) is 9.59 Å². The zero-order valence-corrected chi connectivity index (χ0v) is 9.68. The lowest BCUT2D eigenvalue weighted by atomic mass is 9.90. The van der Waals surface area contributed by atoms with Crippen LogP contribution in [0.15, 0.2) is 11.8 Å². The van der Waals surface area contributed by atoms with Gasteiger partial charge < -0.3 is 10.6 Å². The van der Waals surface area contributed by atoms with Crippen LogP contribution in [0.3, 0.4) is 0 Å². The normalized spacial score (nSPS) is 24.7. The van der Waals surface area contributed by atoms with E-state index < -0.39 is 5.41 Å². The Balaban J connectivity index is 2.76. The fraction of sp³-hybridized carbons (Fsp3) is 0.636. The van der Waals surface area contributed by atoms with Crippen molar-refractivity contribution in [2.75, 3.05) is 6.54 Å². The van der Waals surface area contributed by atoms with Crippen LogP contribution in [0.2, 0.25) is 0 Å². The van der Waals surface area contributed by atoms with E-state index in [1.54, 1.807) is 0 Å². The van der Waals surface area contributed by atoms with Gasteiger partial charge >= 0.3 is 0 Å². The molecule has 0 aromatic rings. The molecular weight excluding hydrogens is 192 g/mol. The van der Waals surface area contributed by atoms with Gasteiger partial charge in [-0.1, -0.05) is 20.8 Å². The van der Waals surface area contributed by atoms with Gasteiger partial charge in [-0.25, -0.2) is 0 Å². The minimum Gasteiger partial charge on any atom is -0.378 e. The number of carbonyl (C=O) groups excluding carboxylic acids is 2. The van der Waals surface area contributed by atoms with Crippen molar-refractivity contribution >= 4 is 11.7 Å². The summed E-state index contributed by atoms with van der Waals surface area (Å²) in [5.74, 6) is -0.249. The molecule has 0 spiro atoms. The maximum Gasteiger partial charge on any atom is 0.267 e. The van der Waals surface area contributed by atoms with Crippen molar-refractivity contribution in [3.63, 3.8) is 0 Å². The molecule has 0 saturated carbocycles. The Morgan fingerprint density at radius 1 is 1.47 bits per heavy atom. The van der Waals surface area contributed by atoms with E-state index in [-0.39, 0.29) is 17.7 Å². The molecule has 2 N–H and O–H groups in total. The number of carbonyl (C=O) groups is 2. The molecule has 1 heterocycles. The van der Waals surface area contributed by atoms with Crippen molar-refractivity contribution in [3.05, 3.63) is 11.8 Å². The molecule has 0 aromatic heterocycles. The molecule has 1 fully saturated rings. The lowest BCUT2D eigenvalue weighted by Gasteiger charge is -2.24. The van der Waals surface area contributed by atoms with E-state index in [1.165, 1.54) is 6.08 Å². The smallest absolute Gasteiger partial charge is 0.267 e.